The quantitative estimate of drug-likeness (QED) is 0.723. The second-order valence-electron chi connectivity index (χ2n) is 6.97. The Labute approximate surface area is 160 Å². The van der Waals surface area contributed by atoms with Gasteiger partial charge in [0, 0.05) is 25.5 Å². The molecule has 6 heteroatoms. The minimum absolute atomic E-state index is 0.0856. The molecule has 2 rings (SSSR count). The van der Waals surface area contributed by atoms with Crippen LogP contribution in [0.4, 0.5) is 0 Å². The first-order chi connectivity index (χ1) is 12.9. The Hall–Kier alpha value is -2.73. The summed E-state index contributed by atoms with van der Waals surface area (Å²) in [6.45, 7) is 4.96. The molecule has 1 aromatic heterocycles. The summed E-state index contributed by atoms with van der Waals surface area (Å²) in [6, 6.07) is 10.3. The van der Waals surface area contributed by atoms with E-state index >= 15 is 0 Å². The van der Waals surface area contributed by atoms with Crippen molar-refractivity contribution in [1.29, 1.82) is 0 Å². The lowest BCUT2D eigenvalue weighted by molar-refractivity contribution is -0.134. The summed E-state index contributed by atoms with van der Waals surface area (Å²) in [5.74, 6) is -0.131. The van der Waals surface area contributed by atoms with Crippen LogP contribution in [0.2, 0.25) is 0 Å². The van der Waals surface area contributed by atoms with Crippen LogP contribution in [0.15, 0.2) is 48.8 Å². The van der Waals surface area contributed by atoms with Crippen molar-refractivity contribution < 1.29 is 14.3 Å². The van der Waals surface area contributed by atoms with Crippen LogP contribution in [0, 0.1) is 5.92 Å². The number of hydrogen-bond acceptors (Lipinski definition) is 5. The van der Waals surface area contributed by atoms with Gasteiger partial charge >= 0.3 is 5.97 Å². The summed E-state index contributed by atoms with van der Waals surface area (Å²) in [6.07, 6.45) is 4.04. The zero-order valence-electron chi connectivity index (χ0n) is 16.1. The number of aromatic nitrogens is 1. The van der Waals surface area contributed by atoms with Gasteiger partial charge in [0.05, 0.1) is 18.7 Å². The van der Waals surface area contributed by atoms with Crippen molar-refractivity contribution in [3.05, 3.63) is 65.5 Å². The summed E-state index contributed by atoms with van der Waals surface area (Å²) in [7, 11) is 1.35. The van der Waals surface area contributed by atoms with Crippen molar-refractivity contribution in [2.24, 2.45) is 11.7 Å². The number of methoxy groups -OCH3 is 1. The fourth-order valence-electron chi connectivity index (χ4n) is 2.85. The molecule has 0 aliphatic rings. The van der Waals surface area contributed by atoms with Crippen molar-refractivity contribution in [3.63, 3.8) is 0 Å². The van der Waals surface area contributed by atoms with E-state index < -0.39 is 6.04 Å². The monoisotopic (exact) mass is 369 g/mol. The van der Waals surface area contributed by atoms with Crippen LogP contribution in [0.25, 0.3) is 0 Å². The van der Waals surface area contributed by atoms with Crippen LogP contribution in [0.1, 0.15) is 41.8 Å². The fraction of sp³-hybridized carbons (Fsp3) is 0.381. The van der Waals surface area contributed by atoms with Gasteiger partial charge in [-0.1, -0.05) is 26.0 Å². The van der Waals surface area contributed by atoms with Crippen molar-refractivity contribution >= 4 is 11.9 Å². The molecule has 0 bridgehead atoms. The van der Waals surface area contributed by atoms with E-state index in [4.69, 9.17) is 10.5 Å². The normalized spacial score (nSPS) is 11.9. The van der Waals surface area contributed by atoms with Gasteiger partial charge in [0.25, 0.3) is 0 Å². The van der Waals surface area contributed by atoms with Crippen LogP contribution in [-0.4, -0.2) is 34.9 Å². The first kappa shape index (κ1) is 20.6. The van der Waals surface area contributed by atoms with Gasteiger partial charge in [-0.15, -0.1) is 0 Å². The minimum Gasteiger partial charge on any atom is -0.465 e. The van der Waals surface area contributed by atoms with Gasteiger partial charge in [0.2, 0.25) is 5.91 Å². The zero-order chi connectivity index (χ0) is 19.8. The van der Waals surface area contributed by atoms with Crippen LogP contribution in [0.3, 0.4) is 0 Å². The third-order valence-electron chi connectivity index (χ3n) is 4.23. The third-order valence-corrected chi connectivity index (χ3v) is 4.23. The van der Waals surface area contributed by atoms with E-state index in [1.807, 2.05) is 38.1 Å². The van der Waals surface area contributed by atoms with Gasteiger partial charge in [-0.25, -0.2) is 4.79 Å². The van der Waals surface area contributed by atoms with Gasteiger partial charge < -0.3 is 15.4 Å². The van der Waals surface area contributed by atoms with Crippen molar-refractivity contribution in [2.45, 2.75) is 39.4 Å². The molecule has 0 radical (unpaired) electrons. The first-order valence-electron chi connectivity index (χ1n) is 9.01. The Morgan fingerprint density at radius 3 is 2.11 bits per heavy atom. The van der Waals surface area contributed by atoms with E-state index in [2.05, 4.69) is 4.98 Å². The lowest BCUT2D eigenvalue weighted by atomic mass is 10.0. The number of nitrogens with two attached hydrogens (primary N) is 1. The van der Waals surface area contributed by atoms with E-state index in [1.54, 1.807) is 29.4 Å². The highest BCUT2D eigenvalue weighted by molar-refractivity contribution is 5.89. The molecule has 0 saturated carbocycles. The largest absolute Gasteiger partial charge is 0.465 e. The summed E-state index contributed by atoms with van der Waals surface area (Å²) in [5.41, 5.74) is 8.53. The Bertz CT molecular complexity index is 745. The van der Waals surface area contributed by atoms with Crippen molar-refractivity contribution in [1.82, 2.24) is 9.88 Å². The fourth-order valence-corrected chi connectivity index (χ4v) is 2.85. The number of rotatable bonds is 8. The average molecular weight is 369 g/mol. The number of carbonyl (C=O) groups is 2. The van der Waals surface area contributed by atoms with E-state index in [-0.39, 0.29) is 11.9 Å². The lowest BCUT2D eigenvalue weighted by Gasteiger charge is -2.27. The molecule has 0 aliphatic heterocycles. The third kappa shape index (κ3) is 6.18. The molecule has 0 spiro atoms. The second kappa shape index (κ2) is 9.83. The SMILES string of the molecule is COC(=O)c1ccc(CN(Cc2ccncc2)C(=O)[C@@H](N)CC(C)C)cc1. The molecular weight excluding hydrogens is 342 g/mol. The molecule has 1 amide bonds. The smallest absolute Gasteiger partial charge is 0.337 e. The maximum atomic E-state index is 12.9. The molecule has 0 saturated heterocycles. The maximum Gasteiger partial charge on any atom is 0.337 e. The van der Waals surface area contributed by atoms with Crippen LogP contribution in [-0.2, 0) is 22.6 Å². The van der Waals surface area contributed by atoms with E-state index in [0.29, 0.717) is 31.0 Å². The highest BCUT2D eigenvalue weighted by atomic mass is 16.5. The van der Waals surface area contributed by atoms with Crippen LogP contribution < -0.4 is 5.73 Å². The molecule has 1 heterocycles. The number of nitrogens with zero attached hydrogens (tertiary/aromatic N) is 2. The maximum absolute atomic E-state index is 12.9. The summed E-state index contributed by atoms with van der Waals surface area (Å²) in [4.78, 5) is 30.3. The Balaban J connectivity index is 2.18. The first-order valence-corrected chi connectivity index (χ1v) is 9.01. The van der Waals surface area contributed by atoms with Gasteiger partial charge in [0.15, 0.2) is 0 Å². The Kier molecular flexibility index (Phi) is 7.49. The predicted molar refractivity (Wildman–Crippen MR) is 104 cm³/mol. The summed E-state index contributed by atoms with van der Waals surface area (Å²) in [5, 5.41) is 0. The molecule has 0 fully saturated rings. The van der Waals surface area contributed by atoms with E-state index in [1.165, 1.54) is 7.11 Å². The van der Waals surface area contributed by atoms with Crippen LogP contribution >= 0.6 is 0 Å². The predicted octanol–water partition coefficient (Wildman–Crippen LogP) is 2.77. The molecular formula is C21H27N3O3. The number of benzene rings is 1. The van der Waals surface area contributed by atoms with E-state index in [9.17, 15) is 9.59 Å². The Morgan fingerprint density at radius 1 is 1.04 bits per heavy atom. The standard InChI is InChI=1S/C21H27N3O3/c1-15(2)12-19(22)20(25)24(14-17-8-10-23-11-9-17)13-16-4-6-18(7-5-16)21(26)27-3/h4-11,15,19H,12-14,22H2,1-3H3/t19-/m0/s1. The molecule has 144 valence electrons. The highest BCUT2D eigenvalue weighted by Crippen LogP contribution is 2.15. The average Bonchev–Trinajstić information content (AvgIpc) is 2.67. The van der Waals surface area contributed by atoms with Gasteiger partial charge in [-0.3, -0.25) is 9.78 Å². The zero-order valence-corrected chi connectivity index (χ0v) is 16.1. The van der Waals surface area contributed by atoms with Gasteiger partial charge in [-0.2, -0.15) is 0 Å². The molecule has 2 aromatic rings. The number of amides is 1. The van der Waals surface area contributed by atoms with Gasteiger partial charge in [-0.05, 0) is 47.7 Å². The topological polar surface area (TPSA) is 85.5 Å². The molecule has 2 N–H and O–H groups in total. The van der Waals surface area contributed by atoms with Gasteiger partial charge in [0.1, 0.15) is 0 Å². The number of pyridine rings is 1. The van der Waals surface area contributed by atoms with E-state index in [0.717, 1.165) is 11.1 Å². The van der Waals surface area contributed by atoms with Crippen molar-refractivity contribution in [3.8, 4) is 0 Å². The Morgan fingerprint density at radius 2 is 1.59 bits per heavy atom. The molecule has 1 atom stereocenters. The molecule has 0 aliphatic carbocycles. The molecule has 6 nitrogen and oxygen atoms in total. The summed E-state index contributed by atoms with van der Waals surface area (Å²) < 4.78 is 4.72. The van der Waals surface area contributed by atoms with Crippen LogP contribution in [0.5, 0.6) is 0 Å². The minimum atomic E-state index is -0.541. The number of ether oxygens (including phenoxy) is 1. The number of hydrogen-bond donors (Lipinski definition) is 1. The highest BCUT2D eigenvalue weighted by Gasteiger charge is 2.22. The number of esters is 1. The summed E-state index contributed by atoms with van der Waals surface area (Å²) >= 11 is 0. The molecule has 0 unspecified atom stereocenters. The second-order valence-corrected chi connectivity index (χ2v) is 6.97. The number of carbonyl (C=O) groups excluding carboxylic acids is 2. The van der Waals surface area contributed by atoms with Crippen molar-refractivity contribution in [2.75, 3.05) is 7.11 Å². The lowest BCUT2D eigenvalue weighted by Crippen LogP contribution is -2.43. The molecule has 1 aromatic carbocycles. The molecule has 27 heavy (non-hydrogen) atoms.